The Morgan fingerprint density at radius 3 is 2.60 bits per heavy atom. The second-order valence-electron chi connectivity index (χ2n) is 8.35. The van der Waals surface area contributed by atoms with Gasteiger partial charge in [0.15, 0.2) is 21.6 Å². The summed E-state index contributed by atoms with van der Waals surface area (Å²) in [7, 11) is 2.65. The molecule has 0 saturated heterocycles. The molecule has 0 atom stereocenters. The van der Waals surface area contributed by atoms with E-state index in [2.05, 4.69) is 42.4 Å². The first kappa shape index (κ1) is 27.1. The van der Waals surface area contributed by atoms with Crippen LogP contribution in [0.2, 0.25) is 5.02 Å². The zero-order valence-electron chi connectivity index (χ0n) is 20.8. The fourth-order valence-electron chi connectivity index (χ4n) is 3.52. The number of anilines is 1. The van der Waals surface area contributed by atoms with E-state index in [4.69, 9.17) is 21.1 Å². The van der Waals surface area contributed by atoms with Gasteiger partial charge in [-0.05, 0) is 30.9 Å². The summed E-state index contributed by atoms with van der Waals surface area (Å²) in [6.45, 7) is 0. The molecule has 4 heterocycles. The van der Waals surface area contributed by atoms with Crippen LogP contribution in [0.25, 0.3) is 16.9 Å². The van der Waals surface area contributed by atoms with Crippen LogP contribution in [0.1, 0.15) is 40.3 Å². The zero-order chi connectivity index (χ0) is 28.4. The van der Waals surface area contributed by atoms with Gasteiger partial charge >= 0.3 is 0 Å². The highest BCUT2D eigenvalue weighted by atomic mass is 35.5. The van der Waals surface area contributed by atoms with Gasteiger partial charge in [0.2, 0.25) is 5.13 Å². The van der Waals surface area contributed by atoms with E-state index in [1.54, 1.807) is 0 Å². The number of nitrogens with one attached hydrogen (secondary N) is 1. The molecule has 1 saturated carbocycles. The van der Waals surface area contributed by atoms with Crippen LogP contribution < -0.4 is 20.3 Å². The SMILES string of the molecule is COc1cnc(C(F)F)cc1-c1cc(-n2ncc(OC)c(Cl)c2=O)ncc1C(=O)Nc1nnc(C#CC2CC2)s1. The van der Waals surface area contributed by atoms with Gasteiger partial charge in [-0.1, -0.05) is 28.9 Å². The third kappa shape index (κ3) is 5.61. The molecule has 1 aliphatic carbocycles. The minimum atomic E-state index is -2.90. The Labute approximate surface area is 234 Å². The molecule has 11 nitrogen and oxygen atoms in total. The number of carbonyl (C=O) groups is 1. The largest absolute Gasteiger partial charge is 0.494 e. The second-order valence-corrected chi connectivity index (χ2v) is 9.71. The number of ether oxygens (including phenoxy) is 2. The van der Waals surface area contributed by atoms with Crippen molar-refractivity contribution in [2.75, 3.05) is 19.5 Å². The van der Waals surface area contributed by atoms with E-state index in [1.165, 1.54) is 32.7 Å². The maximum absolute atomic E-state index is 13.6. The number of methoxy groups -OCH3 is 2. The molecular weight excluding hydrogens is 568 g/mol. The van der Waals surface area contributed by atoms with E-state index in [0.717, 1.165) is 41.1 Å². The van der Waals surface area contributed by atoms with Crippen LogP contribution in [0.4, 0.5) is 13.9 Å². The summed E-state index contributed by atoms with van der Waals surface area (Å²) < 4.78 is 38.4. The van der Waals surface area contributed by atoms with Crippen LogP contribution in [-0.2, 0) is 0 Å². The summed E-state index contributed by atoms with van der Waals surface area (Å²) in [5.41, 5.74) is -1.14. The average molecular weight is 586 g/mol. The van der Waals surface area contributed by atoms with Crippen LogP contribution in [0.5, 0.6) is 11.5 Å². The van der Waals surface area contributed by atoms with E-state index in [-0.39, 0.29) is 44.2 Å². The number of hydrogen-bond acceptors (Lipinski definition) is 10. The summed E-state index contributed by atoms with van der Waals surface area (Å²) in [5.74, 6) is 5.79. The van der Waals surface area contributed by atoms with Crippen molar-refractivity contribution in [2.24, 2.45) is 5.92 Å². The Hall–Kier alpha value is -4.48. The van der Waals surface area contributed by atoms with Crippen molar-refractivity contribution in [2.45, 2.75) is 19.3 Å². The molecule has 0 aliphatic heterocycles. The second kappa shape index (κ2) is 11.3. The Bertz CT molecular complexity index is 1730. The van der Waals surface area contributed by atoms with Crippen molar-refractivity contribution in [1.82, 2.24) is 29.9 Å². The minimum absolute atomic E-state index is 0.0399. The minimum Gasteiger partial charge on any atom is -0.494 e. The first-order valence-electron chi connectivity index (χ1n) is 11.6. The fraction of sp³-hybridized carbons (Fsp3) is 0.240. The highest BCUT2D eigenvalue weighted by Crippen LogP contribution is 2.35. The van der Waals surface area contributed by atoms with Crippen LogP contribution in [0.15, 0.2) is 35.5 Å². The number of halogens is 3. The first-order chi connectivity index (χ1) is 19.3. The van der Waals surface area contributed by atoms with E-state index >= 15 is 0 Å². The van der Waals surface area contributed by atoms with Gasteiger partial charge in [-0.3, -0.25) is 19.9 Å². The number of hydrogen-bond donors (Lipinski definition) is 1. The number of rotatable bonds is 7. The third-order valence-electron chi connectivity index (χ3n) is 5.69. The topological polar surface area (TPSA) is 134 Å². The van der Waals surface area contributed by atoms with Crippen molar-refractivity contribution in [3.8, 4) is 40.3 Å². The maximum Gasteiger partial charge on any atom is 0.295 e. The molecule has 0 bridgehead atoms. The van der Waals surface area contributed by atoms with E-state index in [9.17, 15) is 18.4 Å². The number of alkyl halides is 2. The van der Waals surface area contributed by atoms with Crippen molar-refractivity contribution >= 4 is 34.0 Å². The summed E-state index contributed by atoms with van der Waals surface area (Å²) >= 11 is 7.19. The summed E-state index contributed by atoms with van der Waals surface area (Å²) in [6.07, 6.45) is 2.71. The standard InChI is InChI=1S/C25H18ClF2N7O4S/c1-38-17-10-29-16(22(27)28)7-14(17)13-8-19(35-24(37)21(26)18(39-2)11-31-35)30-9-15(13)23(36)32-25-34-33-20(40-25)6-5-12-3-4-12/h7-12,22H,3-4H2,1-2H3,(H,32,34,36). The maximum atomic E-state index is 13.6. The molecule has 4 aromatic rings. The van der Waals surface area contributed by atoms with Crippen LogP contribution in [0, 0.1) is 17.8 Å². The van der Waals surface area contributed by atoms with Crippen LogP contribution >= 0.6 is 22.9 Å². The molecule has 1 aliphatic rings. The summed E-state index contributed by atoms with van der Waals surface area (Å²) in [5, 5.41) is 14.9. The van der Waals surface area contributed by atoms with Gasteiger partial charge in [0.25, 0.3) is 17.9 Å². The van der Waals surface area contributed by atoms with Crippen molar-refractivity contribution in [3.63, 3.8) is 0 Å². The van der Waals surface area contributed by atoms with E-state index < -0.39 is 23.6 Å². The molecule has 15 heteroatoms. The molecule has 0 radical (unpaired) electrons. The van der Waals surface area contributed by atoms with Crippen molar-refractivity contribution in [1.29, 1.82) is 0 Å². The number of nitrogens with zero attached hydrogens (tertiary/aromatic N) is 6. The lowest BCUT2D eigenvalue weighted by atomic mass is 10.00. The fourth-order valence-corrected chi connectivity index (χ4v) is 4.32. The molecule has 0 spiro atoms. The van der Waals surface area contributed by atoms with Gasteiger partial charge in [0.05, 0.1) is 32.2 Å². The Balaban J connectivity index is 1.60. The molecule has 0 aromatic carbocycles. The molecule has 204 valence electrons. The predicted octanol–water partition coefficient (Wildman–Crippen LogP) is 4.16. The summed E-state index contributed by atoms with van der Waals surface area (Å²) in [6, 6.07) is 2.42. The smallest absolute Gasteiger partial charge is 0.295 e. The van der Waals surface area contributed by atoms with Crippen LogP contribution in [0.3, 0.4) is 0 Å². The Kier molecular flexibility index (Phi) is 7.67. The molecular formula is C25H18ClF2N7O4S. The zero-order valence-corrected chi connectivity index (χ0v) is 22.4. The van der Waals surface area contributed by atoms with Gasteiger partial charge in [-0.2, -0.15) is 9.78 Å². The van der Waals surface area contributed by atoms with Gasteiger partial charge in [-0.25, -0.2) is 13.8 Å². The van der Waals surface area contributed by atoms with Gasteiger partial charge in [-0.15, -0.1) is 10.2 Å². The van der Waals surface area contributed by atoms with E-state index in [0.29, 0.717) is 10.9 Å². The first-order valence-corrected chi connectivity index (χ1v) is 12.8. The summed E-state index contributed by atoms with van der Waals surface area (Å²) in [4.78, 5) is 34.2. The van der Waals surface area contributed by atoms with Gasteiger partial charge in [0, 0.05) is 23.2 Å². The average Bonchev–Trinajstić information content (AvgIpc) is 3.69. The molecule has 1 amide bonds. The van der Waals surface area contributed by atoms with Crippen LogP contribution in [-0.4, -0.2) is 50.1 Å². The monoisotopic (exact) mass is 585 g/mol. The molecule has 40 heavy (non-hydrogen) atoms. The Morgan fingerprint density at radius 2 is 1.90 bits per heavy atom. The molecule has 0 unspecified atom stereocenters. The third-order valence-corrected chi connectivity index (χ3v) is 6.79. The number of carbonyl (C=O) groups excluding carboxylic acids is 1. The Morgan fingerprint density at radius 1 is 1.12 bits per heavy atom. The molecule has 1 fully saturated rings. The lowest BCUT2D eigenvalue weighted by Crippen LogP contribution is -2.23. The quantitative estimate of drug-likeness (QED) is 0.317. The van der Waals surface area contributed by atoms with Gasteiger partial charge in [0.1, 0.15) is 11.4 Å². The number of pyridine rings is 2. The lowest BCUT2D eigenvalue weighted by molar-refractivity contribution is 0.102. The van der Waals surface area contributed by atoms with Crippen molar-refractivity contribution in [3.05, 3.63) is 62.4 Å². The highest BCUT2D eigenvalue weighted by molar-refractivity contribution is 7.15. The van der Waals surface area contributed by atoms with Crippen molar-refractivity contribution < 1.29 is 23.0 Å². The molecule has 1 N–H and O–H groups in total. The number of aromatic nitrogens is 6. The molecule has 4 aromatic heterocycles. The lowest BCUT2D eigenvalue weighted by Gasteiger charge is -2.15. The molecule has 5 rings (SSSR count). The number of amides is 1. The predicted molar refractivity (Wildman–Crippen MR) is 141 cm³/mol. The normalized spacial score (nSPS) is 12.6. The van der Waals surface area contributed by atoms with E-state index in [1.807, 2.05) is 0 Å². The van der Waals surface area contributed by atoms with Gasteiger partial charge < -0.3 is 9.47 Å². The highest BCUT2D eigenvalue weighted by Gasteiger charge is 2.23.